The number of benzene rings is 4. The molecule has 1 unspecified atom stereocenters. The molecule has 0 aliphatic heterocycles. The second kappa shape index (κ2) is 9.27. The van der Waals surface area contributed by atoms with Gasteiger partial charge in [-0.2, -0.15) is 0 Å². The number of fused-ring (bicyclic) bond motifs is 1. The van der Waals surface area contributed by atoms with Crippen LogP contribution in [0.1, 0.15) is 18.1 Å². The van der Waals surface area contributed by atoms with Gasteiger partial charge in [0.15, 0.2) is 6.10 Å². The molecule has 0 aliphatic carbocycles. The van der Waals surface area contributed by atoms with Gasteiger partial charge in [-0.1, -0.05) is 97.1 Å². The summed E-state index contributed by atoms with van der Waals surface area (Å²) >= 11 is 0. The van der Waals surface area contributed by atoms with E-state index in [1.807, 2.05) is 115 Å². The van der Waals surface area contributed by atoms with Crippen LogP contribution < -0.4 is 4.74 Å². The number of rotatable bonds is 7. The lowest BCUT2D eigenvalue weighted by molar-refractivity contribution is -0.139. The van der Waals surface area contributed by atoms with Gasteiger partial charge in [0.05, 0.1) is 0 Å². The highest BCUT2D eigenvalue weighted by Gasteiger charge is 2.23. The average Bonchev–Trinajstić information content (AvgIpc) is 2.80. The Labute approximate surface area is 177 Å². The van der Waals surface area contributed by atoms with E-state index < -0.39 is 6.10 Å². The van der Waals surface area contributed by atoms with Crippen molar-refractivity contribution >= 4 is 16.7 Å². The molecule has 0 saturated carbocycles. The molecule has 1 amide bonds. The zero-order chi connectivity index (χ0) is 20.8. The number of amides is 1. The van der Waals surface area contributed by atoms with Crippen LogP contribution in [-0.4, -0.2) is 16.9 Å². The third-order valence-electron chi connectivity index (χ3n) is 5.15. The molecule has 0 fully saturated rings. The Bertz CT molecular complexity index is 1060. The fourth-order valence-electron chi connectivity index (χ4n) is 3.62. The normalized spacial score (nSPS) is 11.8. The van der Waals surface area contributed by atoms with Crippen molar-refractivity contribution in [2.45, 2.75) is 26.1 Å². The van der Waals surface area contributed by atoms with Crippen molar-refractivity contribution in [1.29, 1.82) is 0 Å². The summed E-state index contributed by atoms with van der Waals surface area (Å²) in [6, 6.07) is 34.1. The van der Waals surface area contributed by atoms with Gasteiger partial charge in [0.2, 0.25) is 0 Å². The van der Waals surface area contributed by atoms with E-state index in [0.29, 0.717) is 13.1 Å². The summed E-state index contributed by atoms with van der Waals surface area (Å²) in [5.74, 6) is 0.698. The van der Waals surface area contributed by atoms with E-state index in [1.54, 1.807) is 0 Å². The third-order valence-corrected chi connectivity index (χ3v) is 5.15. The summed E-state index contributed by atoms with van der Waals surface area (Å²) < 4.78 is 6.15. The van der Waals surface area contributed by atoms with Crippen molar-refractivity contribution < 1.29 is 9.53 Å². The van der Waals surface area contributed by atoms with E-state index in [4.69, 9.17) is 4.74 Å². The SMILES string of the molecule is CC(Oc1cccc2ccccc12)C(=O)N(Cc1ccccc1)Cc1ccccc1. The molecule has 4 aromatic carbocycles. The molecule has 0 radical (unpaired) electrons. The molecule has 4 rings (SSSR count). The number of nitrogens with zero attached hydrogens (tertiary/aromatic N) is 1. The van der Waals surface area contributed by atoms with Gasteiger partial charge in [0, 0.05) is 18.5 Å². The predicted molar refractivity (Wildman–Crippen MR) is 121 cm³/mol. The maximum absolute atomic E-state index is 13.4. The first-order valence-electron chi connectivity index (χ1n) is 10.2. The molecule has 0 heterocycles. The standard InChI is InChI=1S/C27H25NO2/c1-21(30-26-18-10-16-24-15-8-9-17-25(24)26)27(29)28(19-22-11-4-2-5-12-22)20-23-13-6-3-7-14-23/h2-18,21H,19-20H2,1H3. The van der Waals surface area contributed by atoms with Gasteiger partial charge < -0.3 is 9.64 Å². The van der Waals surface area contributed by atoms with E-state index in [0.717, 1.165) is 27.6 Å². The number of carbonyl (C=O) groups excluding carboxylic acids is 1. The van der Waals surface area contributed by atoms with Crippen LogP contribution in [0, 0.1) is 0 Å². The highest BCUT2D eigenvalue weighted by molar-refractivity contribution is 5.89. The van der Waals surface area contributed by atoms with E-state index in [-0.39, 0.29) is 5.91 Å². The summed E-state index contributed by atoms with van der Waals surface area (Å²) in [7, 11) is 0. The van der Waals surface area contributed by atoms with Gasteiger partial charge in [-0.15, -0.1) is 0 Å². The highest BCUT2D eigenvalue weighted by Crippen LogP contribution is 2.26. The van der Waals surface area contributed by atoms with Gasteiger partial charge in [-0.05, 0) is 29.5 Å². The lowest BCUT2D eigenvalue weighted by atomic mass is 10.1. The van der Waals surface area contributed by atoms with Crippen LogP contribution in [0.2, 0.25) is 0 Å². The second-order valence-corrected chi connectivity index (χ2v) is 7.40. The fraction of sp³-hybridized carbons (Fsp3) is 0.148. The van der Waals surface area contributed by atoms with Gasteiger partial charge in [-0.25, -0.2) is 0 Å². The Kier molecular flexibility index (Phi) is 6.09. The van der Waals surface area contributed by atoms with E-state index in [2.05, 4.69) is 0 Å². The van der Waals surface area contributed by atoms with Crippen LogP contribution in [0.25, 0.3) is 10.8 Å². The first-order valence-corrected chi connectivity index (χ1v) is 10.2. The molecular weight excluding hydrogens is 370 g/mol. The summed E-state index contributed by atoms with van der Waals surface area (Å²) in [5.41, 5.74) is 2.19. The van der Waals surface area contributed by atoms with Crippen LogP contribution >= 0.6 is 0 Å². The van der Waals surface area contributed by atoms with Crippen LogP contribution in [-0.2, 0) is 17.9 Å². The van der Waals surface area contributed by atoms with Crippen LogP contribution in [0.3, 0.4) is 0 Å². The van der Waals surface area contributed by atoms with Crippen LogP contribution in [0.15, 0.2) is 103 Å². The third kappa shape index (κ3) is 4.69. The smallest absolute Gasteiger partial charge is 0.263 e. The molecule has 0 spiro atoms. The van der Waals surface area contributed by atoms with Crippen molar-refractivity contribution in [1.82, 2.24) is 4.90 Å². The number of ether oxygens (including phenoxy) is 1. The monoisotopic (exact) mass is 395 g/mol. The van der Waals surface area contributed by atoms with Gasteiger partial charge in [0.25, 0.3) is 5.91 Å². The Morgan fingerprint density at radius 3 is 1.90 bits per heavy atom. The van der Waals surface area contributed by atoms with Crippen molar-refractivity contribution in [2.24, 2.45) is 0 Å². The lowest BCUT2D eigenvalue weighted by Crippen LogP contribution is -2.39. The Morgan fingerprint density at radius 1 is 0.733 bits per heavy atom. The predicted octanol–water partition coefficient (Wildman–Crippen LogP) is 5.84. The molecule has 3 nitrogen and oxygen atoms in total. The largest absolute Gasteiger partial charge is 0.480 e. The van der Waals surface area contributed by atoms with E-state index >= 15 is 0 Å². The van der Waals surface area contributed by atoms with Crippen molar-refractivity contribution in [2.75, 3.05) is 0 Å². The minimum atomic E-state index is -0.594. The minimum absolute atomic E-state index is 0.0318. The molecule has 0 N–H and O–H groups in total. The Balaban J connectivity index is 1.56. The van der Waals surface area contributed by atoms with Crippen molar-refractivity contribution in [3.63, 3.8) is 0 Å². The Morgan fingerprint density at radius 2 is 1.27 bits per heavy atom. The molecule has 3 heteroatoms. The summed E-state index contributed by atoms with van der Waals surface area (Å²) in [4.78, 5) is 15.3. The molecule has 4 aromatic rings. The first-order chi connectivity index (χ1) is 14.7. The molecule has 0 saturated heterocycles. The zero-order valence-corrected chi connectivity index (χ0v) is 17.1. The summed E-state index contributed by atoms with van der Waals surface area (Å²) in [6.45, 7) is 2.91. The van der Waals surface area contributed by atoms with E-state index in [1.165, 1.54) is 0 Å². The van der Waals surface area contributed by atoms with Gasteiger partial charge in [0.1, 0.15) is 5.75 Å². The molecule has 150 valence electrons. The number of hydrogen-bond donors (Lipinski definition) is 0. The number of carbonyl (C=O) groups is 1. The molecule has 0 bridgehead atoms. The maximum atomic E-state index is 13.4. The molecular formula is C27H25NO2. The molecule has 0 aliphatic rings. The second-order valence-electron chi connectivity index (χ2n) is 7.40. The van der Waals surface area contributed by atoms with Crippen LogP contribution in [0.4, 0.5) is 0 Å². The van der Waals surface area contributed by atoms with Gasteiger partial charge >= 0.3 is 0 Å². The minimum Gasteiger partial charge on any atom is -0.480 e. The number of hydrogen-bond acceptors (Lipinski definition) is 2. The quantitative estimate of drug-likeness (QED) is 0.394. The van der Waals surface area contributed by atoms with Crippen molar-refractivity contribution in [3.8, 4) is 5.75 Å². The highest BCUT2D eigenvalue weighted by atomic mass is 16.5. The maximum Gasteiger partial charge on any atom is 0.263 e. The van der Waals surface area contributed by atoms with Crippen LogP contribution in [0.5, 0.6) is 5.75 Å². The average molecular weight is 396 g/mol. The zero-order valence-electron chi connectivity index (χ0n) is 17.1. The van der Waals surface area contributed by atoms with E-state index in [9.17, 15) is 4.79 Å². The van der Waals surface area contributed by atoms with Crippen molar-refractivity contribution in [3.05, 3.63) is 114 Å². The topological polar surface area (TPSA) is 29.5 Å². The van der Waals surface area contributed by atoms with Gasteiger partial charge in [-0.3, -0.25) is 4.79 Å². The molecule has 30 heavy (non-hydrogen) atoms. The molecule has 1 atom stereocenters. The Hall–Kier alpha value is -3.59. The summed E-state index contributed by atoms with van der Waals surface area (Å²) in [5, 5.41) is 2.11. The molecule has 0 aromatic heterocycles. The lowest BCUT2D eigenvalue weighted by Gasteiger charge is -2.27. The summed E-state index contributed by atoms with van der Waals surface area (Å²) in [6.07, 6.45) is -0.594. The fourth-order valence-corrected chi connectivity index (χ4v) is 3.62. The first kappa shape index (κ1) is 19.7.